The van der Waals surface area contributed by atoms with Gasteiger partial charge in [-0.25, -0.2) is 9.07 Å². The molecule has 2 aromatic carbocycles. The van der Waals surface area contributed by atoms with Crippen molar-refractivity contribution in [1.82, 2.24) is 20.0 Å². The molecule has 1 aromatic heterocycles. The Morgan fingerprint density at radius 2 is 1.71 bits per heavy atom. The van der Waals surface area contributed by atoms with Gasteiger partial charge in [-0.05, 0) is 43.0 Å². The fourth-order valence-corrected chi connectivity index (χ4v) is 4.33. The highest BCUT2D eigenvalue weighted by Crippen LogP contribution is 2.22. The molecular formula is C24H26ClFN4O. The Labute approximate surface area is 186 Å². The van der Waals surface area contributed by atoms with E-state index in [0.29, 0.717) is 23.0 Å². The lowest BCUT2D eigenvalue weighted by atomic mass is 10.0. The van der Waals surface area contributed by atoms with Crippen LogP contribution in [-0.2, 0) is 13.1 Å². The molecule has 2 heterocycles. The van der Waals surface area contributed by atoms with Crippen LogP contribution in [0, 0.1) is 12.7 Å². The number of carbonyl (C=O) groups is 1. The highest BCUT2D eigenvalue weighted by Gasteiger charge is 2.25. The third-order valence-electron chi connectivity index (χ3n) is 5.71. The van der Waals surface area contributed by atoms with Gasteiger partial charge >= 0.3 is 0 Å². The van der Waals surface area contributed by atoms with Crippen LogP contribution < -0.4 is 5.32 Å². The fraction of sp³-hybridized carbons (Fsp3) is 0.333. The van der Waals surface area contributed by atoms with E-state index >= 15 is 0 Å². The molecule has 7 heteroatoms. The SMILES string of the molecule is Cc1nn(Cc2ccc(F)cc2)c(Cl)c1C(=O)NC1CCN(Cc2ccccc2)CC1. The summed E-state index contributed by atoms with van der Waals surface area (Å²) in [5, 5.41) is 7.86. The van der Waals surface area contributed by atoms with Crippen molar-refractivity contribution in [2.24, 2.45) is 0 Å². The molecule has 1 amide bonds. The topological polar surface area (TPSA) is 50.2 Å². The molecule has 1 fully saturated rings. The maximum Gasteiger partial charge on any atom is 0.256 e. The molecule has 0 bridgehead atoms. The van der Waals surface area contributed by atoms with Crippen LogP contribution in [0.1, 0.15) is 40.0 Å². The second kappa shape index (κ2) is 9.62. The first-order valence-electron chi connectivity index (χ1n) is 10.5. The lowest BCUT2D eigenvalue weighted by molar-refractivity contribution is 0.0908. The van der Waals surface area contributed by atoms with Crippen LogP contribution in [0.5, 0.6) is 0 Å². The van der Waals surface area contributed by atoms with E-state index in [1.54, 1.807) is 23.7 Å². The molecule has 0 aliphatic carbocycles. The average Bonchev–Trinajstić information content (AvgIpc) is 3.05. The number of aromatic nitrogens is 2. The standard InChI is InChI=1S/C24H26ClFN4O/c1-17-22(23(25)30(28-17)16-19-7-9-20(26)10-8-19)24(31)27-21-11-13-29(14-12-21)15-18-5-3-2-4-6-18/h2-10,21H,11-16H2,1H3,(H,27,31). The zero-order chi connectivity index (χ0) is 21.8. The van der Waals surface area contributed by atoms with Crippen molar-refractivity contribution in [3.8, 4) is 0 Å². The second-order valence-electron chi connectivity index (χ2n) is 8.04. The molecule has 5 nitrogen and oxygen atoms in total. The quantitative estimate of drug-likeness (QED) is 0.617. The maximum atomic E-state index is 13.1. The summed E-state index contributed by atoms with van der Waals surface area (Å²) < 4.78 is 14.7. The number of benzene rings is 2. The van der Waals surface area contributed by atoms with Crippen molar-refractivity contribution in [1.29, 1.82) is 0 Å². The second-order valence-corrected chi connectivity index (χ2v) is 8.40. The van der Waals surface area contributed by atoms with Gasteiger partial charge in [-0.15, -0.1) is 0 Å². The Hall–Kier alpha value is -2.70. The Bertz CT molecular complexity index is 1030. The first-order valence-corrected chi connectivity index (χ1v) is 10.9. The predicted molar refractivity (Wildman–Crippen MR) is 120 cm³/mol. The molecule has 3 aromatic rings. The van der Waals surface area contributed by atoms with E-state index in [1.165, 1.54) is 17.7 Å². The third-order valence-corrected chi connectivity index (χ3v) is 6.09. The number of aryl methyl sites for hydroxylation is 1. The van der Waals surface area contributed by atoms with E-state index in [1.807, 2.05) is 6.07 Å². The van der Waals surface area contributed by atoms with Gasteiger partial charge < -0.3 is 5.32 Å². The van der Waals surface area contributed by atoms with Crippen molar-refractivity contribution in [2.45, 2.75) is 38.9 Å². The van der Waals surface area contributed by atoms with Gasteiger partial charge in [0.1, 0.15) is 11.0 Å². The molecule has 31 heavy (non-hydrogen) atoms. The summed E-state index contributed by atoms with van der Waals surface area (Å²) in [6, 6.07) is 16.7. The van der Waals surface area contributed by atoms with Crippen molar-refractivity contribution in [2.75, 3.05) is 13.1 Å². The highest BCUT2D eigenvalue weighted by molar-refractivity contribution is 6.33. The van der Waals surface area contributed by atoms with Gasteiger partial charge in [-0.2, -0.15) is 5.10 Å². The largest absolute Gasteiger partial charge is 0.349 e. The minimum absolute atomic E-state index is 0.121. The van der Waals surface area contributed by atoms with Crippen LogP contribution >= 0.6 is 11.6 Å². The van der Waals surface area contributed by atoms with Crippen LogP contribution in [0.4, 0.5) is 4.39 Å². The first-order chi connectivity index (χ1) is 15.0. The summed E-state index contributed by atoms with van der Waals surface area (Å²) in [5.41, 5.74) is 3.17. The van der Waals surface area contributed by atoms with E-state index in [2.05, 4.69) is 39.6 Å². The zero-order valence-corrected chi connectivity index (χ0v) is 18.3. The van der Waals surface area contributed by atoms with E-state index in [9.17, 15) is 9.18 Å². The minimum Gasteiger partial charge on any atom is -0.349 e. The molecule has 0 saturated carbocycles. The molecule has 162 valence electrons. The number of hydrogen-bond acceptors (Lipinski definition) is 3. The summed E-state index contributed by atoms with van der Waals surface area (Å²) in [4.78, 5) is 15.3. The molecule has 1 aliphatic rings. The number of nitrogens with zero attached hydrogens (tertiary/aromatic N) is 3. The van der Waals surface area contributed by atoms with Crippen LogP contribution in [0.25, 0.3) is 0 Å². The van der Waals surface area contributed by atoms with Gasteiger partial charge in [-0.1, -0.05) is 54.1 Å². The molecule has 0 atom stereocenters. The Morgan fingerprint density at radius 1 is 1.06 bits per heavy atom. The van der Waals surface area contributed by atoms with Gasteiger partial charge in [-0.3, -0.25) is 9.69 Å². The van der Waals surface area contributed by atoms with Crippen molar-refractivity contribution < 1.29 is 9.18 Å². The molecule has 1 N–H and O–H groups in total. The van der Waals surface area contributed by atoms with Crippen LogP contribution in [0.3, 0.4) is 0 Å². The van der Waals surface area contributed by atoms with Gasteiger partial charge in [0.15, 0.2) is 0 Å². The Balaban J connectivity index is 1.34. The maximum absolute atomic E-state index is 13.1. The number of likely N-dealkylation sites (tertiary alicyclic amines) is 1. The van der Waals surface area contributed by atoms with Crippen LogP contribution in [0.2, 0.25) is 5.15 Å². The van der Waals surface area contributed by atoms with Crippen molar-refractivity contribution in [3.63, 3.8) is 0 Å². The summed E-state index contributed by atoms with van der Waals surface area (Å²) in [6.07, 6.45) is 1.80. The highest BCUT2D eigenvalue weighted by atomic mass is 35.5. The summed E-state index contributed by atoms with van der Waals surface area (Å²) >= 11 is 6.49. The molecule has 0 unspecified atom stereocenters. The summed E-state index contributed by atoms with van der Waals surface area (Å²) in [5.74, 6) is -0.476. The van der Waals surface area contributed by atoms with Gasteiger partial charge in [0.25, 0.3) is 5.91 Å². The van der Waals surface area contributed by atoms with Gasteiger partial charge in [0.05, 0.1) is 17.8 Å². The third kappa shape index (κ3) is 5.32. The molecule has 1 saturated heterocycles. The van der Waals surface area contributed by atoms with E-state index in [0.717, 1.165) is 38.0 Å². The number of piperidine rings is 1. The van der Waals surface area contributed by atoms with Crippen molar-refractivity contribution in [3.05, 3.63) is 88.0 Å². The predicted octanol–water partition coefficient (Wildman–Crippen LogP) is 4.43. The molecule has 4 rings (SSSR count). The number of nitrogens with one attached hydrogen (secondary N) is 1. The normalized spacial score (nSPS) is 15.2. The van der Waals surface area contributed by atoms with Crippen LogP contribution in [-0.4, -0.2) is 39.7 Å². The van der Waals surface area contributed by atoms with E-state index < -0.39 is 0 Å². The van der Waals surface area contributed by atoms with Gasteiger partial charge in [0, 0.05) is 25.7 Å². The van der Waals surface area contributed by atoms with Crippen LogP contribution in [0.15, 0.2) is 54.6 Å². The fourth-order valence-electron chi connectivity index (χ4n) is 4.01. The Kier molecular flexibility index (Phi) is 6.68. The Morgan fingerprint density at radius 3 is 2.39 bits per heavy atom. The molecule has 0 spiro atoms. The average molecular weight is 441 g/mol. The number of carbonyl (C=O) groups excluding carboxylic acids is 1. The monoisotopic (exact) mass is 440 g/mol. The number of halogens is 2. The number of rotatable bonds is 6. The van der Waals surface area contributed by atoms with E-state index in [-0.39, 0.29) is 17.8 Å². The summed E-state index contributed by atoms with van der Waals surface area (Å²) in [7, 11) is 0. The van der Waals surface area contributed by atoms with Gasteiger partial charge in [0.2, 0.25) is 0 Å². The number of hydrogen-bond donors (Lipinski definition) is 1. The minimum atomic E-state index is -0.290. The lowest BCUT2D eigenvalue weighted by Gasteiger charge is -2.32. The van der Waals surface area contributed by atoms with Crippen molar-refractivity contribution >= 4 is 17.5 Å². The van der Waals surface area contributed by atoms with E-state index in [4.69, 9.17) is 11.6 Å². The summed E-state index contributed by atoms with van der Waals surface area (Å²) in [6.45, 7) is 4.98. The first kappa shape index (κ1) is 21.5. The number of amides is 1. The molecular weight excluding hydrogens is 415 g/mol. The zero-order valence-electron chi connectivity index (χ0n) is 17.5. The lowest BCUT2D eigenvalue weighted by Crippen LogP contribution is -2.44. The molecule has 0 radical (unpaired) electrons. The smallest absolute Gasteiger partial charge is 0.256 e. The molecule has 1 aliphatic heterocycles.